The first-order chi connectivity index (χ1) is 9.11. The summed E-state index contributed by atoms with van der Waals surface area (Å²) in [6.45, 7) is 2.66. The van der Waals surface area contributed by atoms with Gasteiger partial charge in [-0.3, -0.25) is 4.79 Å². The molecule has 0 aromatic heterocycles. The Morgan fingerprint density at radius 1 is 1.42 bits per heavy atom. The average molecular weight is 280 g/mol. The molecule has 1 atom stereocenters. The predicted octanol–water partition coefficient (Wildman–Crippen LogP) is 2.40. The standard InChI is InChI=1S/C15H24N2OS/c1-12(9-11-19-3)17(2)15(18)14-7-5-4-6-13(14)8-10-16/h4-7,12H,8-11,16H2,1-3H3. The van der Waals surface area contributed by atoms with E-state index >= 15 is 0 Å². The molecular weight excluding hydrogens is 256 g/mol. The minimum absolute atomic E-state index is 0.0950. The fourth-order valence-corrected chi connectivity index (χ4v) is 2.55. The number of amides is 1. The van der Waals surface area contributed by atoms with Gasteiger partial charge in [-0.25, -0.2) is 0 Å². The van der Waals surface area contributed by atoms with Gasteiger partial charge in [-0.15, -0.1) is 0 Å². The fraction of sp³-hybridized carbons (Fsp3) is 0.533. The van der Waals surface area contributed by atoms with Crippen LogP contribution in [0.3, 0.4) is 0 Å². The van der Waals surface area contributed by atoms with Gasteiger partial charge in [-0.1, -0.05) is 18.2 Å². The molecule has 0 aliphatic heterocycles. The van der Waals surface area contributed by atoms with E-state index in [9.17, 15) is 4.79 Å². The second-order valence-corrected chi connectivity index (χ2v) is 5.73. The number of carbonyl (C=O) groups excluding carboxylic acids is 1. The summed E-state index contributed by atoms with van der Waals surface area (Å²) in [5, 5.41) is 0. The molecular formula is C15H24N2OS. The quantitative estimate of drug-likeness (QED) is 0.834. The molecule has 0 radical (unpaired) electrons. The number of carbonyl (C=O) groups is 1. The zero-order valence-electron chi connectivity index (χ0n) is 12.1. The molecule has 0 saturated heterocycles. The van der Waals surface area contributed by atoms with Crippen molar-refractivity contribution in [2.24, 2.45) is 5.73 Å². The Balaban J connectivity index is 2.81. The van der Waals surface area contributed by atoms with Crippen molar-refractivity contribution in [3.63, 3.8) is 0 Å². The third-order valence-electron chi connectivity index (χ3n) is 3.38. The lowest BCUT2D eigenvalue weighted by Crippen LogP contribution is -2.36. The summed E-state index contributed by atoms with van der Waals surface area (Å²) in [6, 6.07) is 8.00. The van der Waals surface area contributed by atoms with E-state index in [1.165, 1.54) is 0 Å². The van der Waals surface area contributed by atoms with Crippen LogP contribution in [0.1, 0.15) is 29.3 Å². The van der Waals surface area contributed by atoms with Crippen LogP contribution in [0.4, 0.5) is 0 Å². The van der Waals surface area contributed by atoms with E-state index < -0.39 is 0 Å². The molecule has 0 aliphatic rings. The summed E-state index contributed by atoms with van der Waals surface area (Å²) in [4.78, 5) is 14.4. The Labute approximate surface area is 120 Å². The molecule has 0 aliphatic carbocycles. The first kappa shape index (κ1) is 16.1. The molecule has 2 N–H and O–H groups in total. The number of thioether (sulfide) groups is 1. The van der Waals surface area contributed by atoms with Crippen LogP contribution < -0.4 is 5.73 Å². The lowest BCUT2D eigenvalue weighted by Gasteiger charge is -2.25. The summed E-state index contributed by atoms with van der Waals surface area (Å²) < 4.78 is 0. The monoisotopic (exact) mass is 280 g/mol. The molecule has 1 amide bonds. The number of nitrogens with zero attached hydrogens (tertiary/aromatic N) is 1. The van der Waals surface area contributed by atoms with Crippen molar-refractivity contribution in [3.8, 4) is 0 Å². The lowest BCUT2D eigenvalue weighted by molar-refractivity contribution is 0.0740. The van der Waals surface area contributed by atoms with E-state index in [2.05, 4.69) is 13.2 Å². The van der Waals surface area contributed by atoms with Gasteiger partial charge in [-0.2, -0.15) is 11.8 Å². The van der Waals surface area contributed by atoms with Crippen LogP contribution in [0.15, 0.2) is 24.3 Å². The molecule has 19 heavy (non-hydrogen) atoms. The van der Waals surface area contributed by atoms with Gasteiger partial charge in [0.1, 0.15) is 0 Å². The molecule has 0 fully saturated rings. The van der Waals surface area contributed by atoms with Crippen molar-refractivity contribution in [2.75, 3.05) is 25.6 Å². The molecule has 0 heterocycles. The van der Waals surface area contributed by atoms with E-state index in [1.54, 1.807) is 0 Å². The molecule has 3 nitrogen and oxygen atoms in total. The molecule has 0 saturated carbocycles. The average Bonchev–Trinajstić information content (AvgIpc) is 2.44. The van der Waals surface area contributed by atoms with E-state index in [4.69, 9.17) is 5.73 Å². The number of rotatable bonds is 7. The summed E-state index contributed by atoms with van der Waals surface area (Å²) in [6.07, 6.45) is 3.85. The molecule has 1 aromatic carbocycles. The smallest absolute Gasteiger partial charge is 0.254 e. The van der Waals surface area contributed by atoms with Crippen LogP contribution in [0, 0.1) is 0 Å². The van der Waals surface area contributed by atoms with Gasteiger partial charge >= 0.3 is 0 Å². The second-order valence-electron chi connectivity index (χ2n) is 4.74. The maximum absolute atomic E-state index is 12.5. The SMILES string of the molecule is CSCCC(C)N(C)C(=O)c1ccccc1CCN. The van der Waals surface area contributed by atoms with E-state index in [0.29, 0.717) is 6.54 Å². The fourth-order valence-electron chi connectivity index (χ4n) is 1.97. The first-order valence-corrected chi connectivity index (χ1v) is 8.05. The van der Waals surface area contributed by atoms with Crippen molar-refractivity contribution >= 4 is 17.7 Å². The van der Waals surface area contributed by atoms with E-state index in [0.717, 1.165) is 29.7 Å². The summed E-state index contributed by atoms with van der Waals surface area (Å²) in [5.41, 5.74) is 7.43. The van der Waals surface area contributed by atoms with Gasteiger partial charge in [0.25, 0.3) is 5.91 Å². The van der Waals surface area contributed by atoms with Crippen molar-refractivity contribution in [1.82, 2.24) is 4.90 Å². The topological polar surface area (TPSA) is 46.3 Å². The van der Waals surface area contributed by atoms with Crippen LogP contribution in [0.5, 0.6) is 0 Å². The molecule has 1 rings (SSSR count). The Morgan fingerprint density at radius 2 is 2.11 bits per heavy atom. The van der Waals surface area contributed by atoms with Crippen LogP contribution in [0.25, 0.3) is 0 Å². The van der Waals surface area contributed by atoms with Crippen molar-refractivity contribution in [1.29, 1.82) is 0 Å². The highest BCUT2D eigenvalue weighted by Crippen LogP contribution is 2.15. The minimum Gasteiger partial charge on any atom is -0.339 e. The Bertz CT molecular complexity index is 409. The second kappa shape index (κ2) is 8.23. The van der Waals surface area contributed by atoms with Gasteiger partial charge in [-0.05, 0) is 49.9 Å². The zero-order chi connectivity index (χ0) is 14.3. The Hall–Kier alpha value is -1.00. The van der Waals surface area contributed by atoms with Crippen LogP contribution in [-0.2, 0) is 6.42 Å². The van der Waals surface area contributed by atoms with Gasteiger partial charge < -0.3 is 10.6 Å². The molecule has 0 spiro atoms. The van der Waals surface area contributed by atoms with Crippen LogP contribution >= 0.6 is 11.8 Å². The van der Waals surface area contributed by atoms with Crippen LogP contribution in [0.2, 0.25) is 0 Å². The van der Waals surface area contributed by atoms with Crippen molar-refractivity contribution in [3.05, 3.63) is 35.4 Å². The number of hydrogen-bond donors (Lipinski definition) is 1. The highest BCUT2D eigenvalue weighted by Gasteiger charge is 2.19. The summed E-state index contributed by atoms with van der Waals surface area (Å²) in [5.74, 6) is 1.17. The summed E-state index contributed by atoms with van der Waals surface area (Å²) >= 11 is 1.81. The first-order valence-electron chi connectivity index (χ1n) is 6.65. The molecule has 106 valence electrons. The summed E-state index contributed by atoms with van der Waals surface area (Å²) in [7, 11) is 1.88. The Morgan fingerprint density at radius 3 is 2.74 bits per heavy atom. The maximum atomic E-state index is 12.5. The minimum atomic E-state index is 0.0950. The number of nitrogens with two attached hydrogens (primary N) is 1. The third-order valence-corrected chi connectivity index (χ3v) is 4.03. The number of benzene rings is 1. The molecule has 1 unspecified atom stereocenters. The molecule has 0 bridgehead atoms. The maximum Gasteiger partial charge on any atom is 0.254 e. The molecule has 1 aromatic rings. The van der Waals surface area contributed by atoms with Gasteiger partial charge in [0, 0.05) is 18.7 Å². The predicted molar refractivity (Wildman–Crippen MR) is 83.8 cm³/mol. The third kappa shape index (κ3) is 4.55. The van der Waals surface area contributed by atoms with Gasteiger partial charge in [0.2, 0.25) is 0 Å². The zero-order valence-corrected chi connectivity index (χ0v) is 12.9. The van der Waals surface area contributed by atoms with Gasteiger partial charge in [0.05, 0.1) is 0 Å². The van der Waals surface area contributed by atoms with Crippen molar-refractivity contribution in [2.45, 2.75) is 25.8 Å². The van der Waals surface area contributed by atoms with Crippen LogP contribution in [-0.4, -0.2) is 42.4 Å². The highest BCUT2D eigenvalue weighted by atomic mass is 32.2. The van der Waals surface area contributed by atoms with Crippen molar-refractivity contribution < 1.29 is 4.79 Å². The lowest BCUT2D eigenvalue weighted by atomic mass is 10.0. The largest absolute Gasteiger partial charge is 0.339 e. The van der Waals surface area contributed by atoms with E-state index in [1.807, 2.05) is 48.0 Å². The van der Waals surface area contributed by atoms with E-state index in [-0.39, 0.29) is 11.9 Å². The molecule has 4 heteroatoms. The Kier molecular flexibility index (Phi) is 6.95. The normalized spacial score (nSPS) is 12.2. The highest BCUT2D eigenvalue weighted by molar-refractivity contribution is 7.98. The number of hydrogen-bond acceptors (Lipinski definition) is 3. The van der Waals surface area contributed by atoms with Gasteiger partial charge in [0.15, 0.2) is 0 Å².